The summed E-state index contributed by atoms with van der Waals surface area (Å²) in [6.45, 7) is 0.427. The van der Waals surface area contributed by atoms with Crippen LogP contribution in [0.4, 0.5) is 0 Å². The van der Waals surface area contributed by atoms with Crippen LogP contribution in [0.5, 0.6) is 23.0 Å². The lowest BCUT2D eigenvalue weighted by Crippen LogP contribution is -2.40. The Labute approximate surface area is 175 Å². The summed E-state index contributed by atoms with van der Waals surface area (Å²) in [5, 5.41) is 20.7. The molecule has 0 aliphatic carbocycles. The van der Waals surface area contributed by atoms with E-state index in [0.717, 1.165) is 40.7 Å². The average molecular weight is 412 g/mol. The van der Waals surface area contributed by atoms with Gasteiger partial charge in [0.05, 0.1) is 38.9 Å². The number of pyridine rings is 1. The molecule has 2 heterocycles. The summed E-state index contributed by atoms with van der Waals surface area (Å²) in [5.41, 5.74) is 3.40. The van der Waals surface area contributed by atoms with Gasteiger partial charge >= 0.3 is 0 Å². The maximum Gasteiger partial charge on any atom is 0.213 e. The number of aliphatic hydroxyl groups excluding tert-OH is 2. The van der Waals surface area contributed by atoms with E-state index in [1.54, 1.807) is 21.3 Å². The van der Waals surface area contributed by atoms with E-state index in [-0.39, 0.29) is 13.2 Å². The van der Waals surface area contributed by atoms with Crippen LogP contribution in [0, 0.1) is 0 Å². The first-order valence-corrected chi connectivity index (χ1v) is 9.80. The Balaban J connectivity index is 1.85. The summed E-state index contributed by atoms with van der Waals surface area (Å²) in [4.78, 5) is 0. The predicted octanol–water partition coefficient (Wildman–Crippen LogP) is 2.11. The maximum atomic E-state index is 9.71. The van der Waals surface area contributed by atoms with Crippen molar-refractivity contribution in [2.75, 3.05) is 34.5 Å². The lowest BCUT2D eigenvalue weighted by molar-refractivity contribution is -0.686. The summed E-state index contributed by atoms with van der Waals surface area (Å²) in [5.74, 6) is 2.56. The van der Waals surface area contributed by atoms with Crippen molar-refractivity contribution in [1.29, 1.82) is 0 Å². The van der Waals surface area contributed by atoms with Crippen molar-refractivity contribution in [3.63, 3.8) is 0 Å². The monoisotopic (exact) mass is 412 g/mol. The van der Waals surface area contributed by atoms with Gasteiger partial charge in [-0.25, -0.2) is 0 Å². The van der Waals surface area contributed by atoms with Crippen LogP contribution >= 0.6 is 0 Å². The van der Waals surface area contributed by atoms with E-state index in [0.29, 0.717) is 17.2 Å². The van der Waals surface area contributed by atoms with Crippen LogP contribution in [0.25, 0.3) is 22.0 Å². The zero-order valence-electron chi connectivity index (χ0n) is 17.3. The summed E-state index contributed by atoms with van der Waals surface area (Å²) >= 11 is 0. The fourth-order valence-corrected chi connectivity index (χ4v) is 3.88. The Kier molecular flexibility index (Phi) is 5.65. The Morgan fingerprint density at radius 2 is 1.73 bits per heavy atom. The van der Waals surface area contributed by atoms with Gasteiger partial charge in [-0.05, 0) is 35.2 Å². The molecular formula is C23H26NO6+. The first kappa shape index (κ1) is 20.3. The van der Waals surface area contributed by atoms with Gasteiger partial charge in [0.15, 0.2) is 35.7 Å². The van der Waals surface area contributed by atoms with Crippen LogP contribution < -0.4 is 23.5 Å². The number of methoxy groups -OCH3 is 3. The van der Waals surface area contributed by atoms with Gasteiger partial charge in [-0.2, -0.15) is 4.57 Å². The predicted molar refractivity (Wildman–Crippen MR) is 112 cm³/mol. The molecule has 3 aromatic rings. The molecule has 0 amide bonds. The zero-order chi connectivity index (χ0) is 21.3. The molecule has 0 saturated heterocycles. The number of aryl methyl sites for hydroxylation is 2. The topological polar surface area (TPSA) is 81.3 Å². The van der Waals surface area contributed by atoms with Gasteiger partial charge in [-0.15, -0.1) is 0 Å². The molecule has 4 rings (SSSR count). The molecule has 2 N–H and O–H groups in total. The lowest BCUT2D eigenvalue weighted by atomic mass is 9.95. The van der Waals surface area contributed by atoms with Gasteiger partial charge in [0, 0.05) is 12.5 Å². The van der Waals surface area contributed by atoms with E-state index in [1.807, 2.05) is 30.5 Å². The van der Waals surface area contributed by atoms with Crippen molar-refractivity contribution in [2.45, 2.75) is 19.1 Å². The highest BCUT2D eigenvalue weighted by Gasteiger charge is 2.27. The molecule has 158 valence electrons. The van der Waals surface area contributed by atoms with E-state index in [9.17, 15) is 5.11 Å². The number of fused-ring (bicyclic) bond motifs is 4. The van der Waals surface area contributed by atoms with Crippen molar-refractivity contribution in [1.82, 2.24) is 0 Å². The largest absolute Gasteiger partial charge is 0.493 e. The third-order valence-corrected chi connectivity index (χ3v) is 5.44. The van der Waals surface area contributed by atoms with Crippen molar-refractivity contribution in [3.8, 4) is 34.3 Å². The molecule has 30 heavy (non-hydrogen) atoms. The van der Waals surface area contributed by atoms with Crippen LogP contribution in [0.15, 0.2) is 36.5 Å². The van der Waals surface area contributed by atoms with Crippen LogP contribution in [-0.2, 0) is 13.0 Å². The maximum absolute atomic E-state index is 9.71. The Morgan fingerprint density at radius 1 is 1.00 bits per heavy atom. The number of hydrogen-bond acceptors (Lipinski definition) is 6. The first-order valence-electron chi connectivity index (χ1n) is 9.80. The Morgan fingerprint density at radius 3 is 2.43 bits per heavy atom. The second-order valence-corrected chi connectivity index (χ2v) is 7.21. The molecule has 1 aliphatic rings. The van der Waals surface area contributed by atoms with E-state index in [2.05, 4.69) is 10.6 Å². The summed E-state index contributed by atoms with van der Waals surface area (Å²) in [7, 11) is 4.86. The molecule has 1 aromatic heterocycles. The van der Waals surface area contributed by atoms with E-state index < -0.39 is 6.10 Å². The highest BCUT2D eigenvalue weighted by atomic mass is 16.5. The summed E-state index contributed by atoms with van der Waals surface area (Å²) < 4.78 is 24.4. The summed E-state index contributed by atoms with van der Waals surface area (Å²) in [6.07, 6.45) is 1.96. The number of aliphatic hydroxyl groups is 2. The Hall–Kier alpha value is -3.03. The average Bonchev–Trinajstić information content (AvgIpc) is 2.79. The molecule has 0 spiro atoms. The third kappa shape index (κ3) is 3.51. The normalized spacial score (nSPS) is 13.4. The van der Waals surface area contributed by atoms with Gasteiger partial charge in [0.1, 0.15) is 12.7 Å². The van der Waals surface area contributed by atoms with Crippen LogP contribution in [-0.4, -0.2) is 50.9 Å². The first-order chi connectivity index (χ1) is 14.6. The van der Waals surface area contributed by atoms with Crippen molar-refractivity contribution < 1.29 is 33.7 Å². The molecule has 1 atom stereocenters. The van der Waals surface area contributed by atoms with Crippen molar-refractivity contribution in [2.24, 2.45) is 0 Å². The molecule has 1 aliphatic heterocycles. The molecular weight excluding hydrogens is 386 g/mol. The van der Waals surface area contributed by atoms with Gasteiger partial charge in [0.25, 0.3) is 0 Å². The molecule has 1 unspecified atom stereocenters. The second kappa shape index (κ2) is 8.38. The molecule has 7 nitrogen and oxygen atoms in total. The molecule has 7 heteroatoms. The molecule has 2 aromatic carbocycles. The molecule has 0 bridgehead atoms. The zero-order valence-corrected chi connectivity index (χ0v) is 17.3. The van der Waals surface area contributed by atoms with Crippen LogP contribution in [0.3, 0.4) is 0 Å². The third-order valence-electron chi connectivity index (χ3n) is 5.44. The fraction of sp³-hybridized carbons (Fsp3) is 0.348. The van der Waals surface area contributed by atoms with Gasteiger partial charge in [-0.1, -0.05) is 0 Å². The van der Waals surface area contributed by atoms with Crippen LogP contribution in [0.2, 0.25) is 0 Å². The minimum Gasteiger partial charge on any atom is -0.493 e. The molecule has 0 radical (unpaired) electrons. The minimum absolute atomic E-state index is 0.0203. The standard InChI is InChI=1S/C23H26NO6/c1-27-20-5-4-14-8-19-17-10-22(29-3)21(28-2)9-15(17)6-7-24(19)11-18(14)23(20)30-13-16(26)12-25/h4-5,8-11,16,25-26H,6-7,12-13H2,1-3H3/q+1. The molecule has 0 saturated carbocycles. The van der Waals surface area contributed by atoms with Gasteiger partial charge < -0.3 is 29.2 Å². The van der Waals surface area contributed by atoms with Crippen molar-refractivity contribution in [3.05, 3.63) is 42.1 Å². The lowest BCUT2D eigenvalue weighted by Gasteiger charge is -2.19. The highest BCUT2D eigenvalue weighted by molar-refractivity contribution is 5.91. The van der Waals surface area contributed by atoms with Gasteiger partial charge in [-0.3, -0.25) is 0 Å². The smallest absolute Gasteiger partial charge is 0.213 e. The quantitative estimate of drug-likeness (QED) is 0.579. The van der Waals surface area contributed by atoms with E-state index in [1.165, 1.54) is 5.56 Å². The minimum atomic E-state index is -0.954. The SMILES string of the molecule is COc1cc2c(cc1OC)-c1cc3ccc(OC)c(OCC(O)CO)c3c[n+]1CC2. The number of aromatic nitrogens is 1. The highest BCUT2D eigenvalue weighted by Crippen LogP contribution is 2.40. The number of hydrogen-bond donors (Lipinski definition) is 2. The number of benzene rings is 2. The van der Waals surface area contributed by atoms with E-state index >= 15 is 0 Å². The number of nitrogens with zero attached hydrogens (tertiary/aromatic N) is 1. The number of rotatable bonds is 7. The fourth-order valence-electron chi connectivity index (χ4n) is 3.88. The Bertz CT molecular complexity index is 1080. The van der Waals surface area contributed by atoms with E-state index in [4.69, 9.17) is 24.1 Å². The summed E-state index contributed by atoms with van der Waals surface area (Å²) in [6, 6.07) is 10.0. The van der Waals surface area contributed by atoms with Crippen molar-refractivity contribution >= 4 is 10.8 Å². The molecule has 0 fully saturated rings. The van der Waals surface area contributed by atoms with Crippen LogP contribution in [0.1, 0.15) is 5.56 Å². The second-order valence-electron chi connectivity index (χ2n) is 7.21. The van der Waals surface area contributed by atoms with Gasteiger partial charge in [0.2, 0.25) is 5.69 Å². The number of ether oxygens (including phenoxy) is 4.